The number of nitrogens with two attached hydrogens (primary N) is 1. The molecule has 2 saturated heterocycles. The Labute approximate surface area is 169 Å². The smallest absolute Gasteiger partial charge is 0.410 e. The zero-order valence-corrected chi connectivity index (χ0v) is 16.1. The van der Waals surface area contributed by atoms with Crippen molar-refractivity contribution in [2.75, 3.05) is 11.4 Å². The number of alkyl halides is 3. The number of carbonyl (C=O) groups excluding carboxylic acids is 2. The van der Waals surface area contributed by atoms with E-state index in [2.05, 4.69) is 10.3 Å². The third-order valence-corrected chi connectivity index (χ3v) is 5.08. The van der Waals surface area contributed by atoms with E-state index in [1.807, 2.05) is 0 Å². The van der Waals surface area contributed by atoms with Crippen molar-refractivity contribution in [1.29, 1.82) is 0 Å². The number of benzene rings is 1. The molecule has 2 fully saturated rings. The summed E-state index contributed by atoms with van der Waals surface area (Å²) in [5.74, 6) is -0.510. The number of alkyl carbamates (subject to hydrolysis) is 1. The second-order valence-corrected chi connectivity index (χ2v) is 7.49. The summed E-state index contributed by atoms with van der Waals surface area (Å²) < 4.78 is 52.4. The molecule has 30 heavy (non-hydrogen) atoms. The van der Waals surface area contributed by atoms with E-state index in [0.717, 1.165) is 4.90 Å². The second kappa shape index (κ2) is 6.92. The minimum atomic E-state index is -4.64. The van der Waals surface area contributed by atoms with Crippen molar-refractivity contribution in [3.63, 3.8) is 0 Å². The quantitative estimate of drug-likeness (QED) is 0.781. The van der Waals surface area contributed by atoms with Gasteiger partial charge in [-0.15, -0.1) is 0 Å². The summed E-state index contributed by atoms with van der Waals surface area (Å²) in [7, 11) is 0. The first-order valence-electron chi connectivity index (χ1n) is 9.26. The molecule has 1 aromatic carbocycles. The van der Waals surface area contributed by atoms with Crippen LogP contribution in [0.4, 0.5) is 23.8 Å². The van der Waals surface area contributed by atoms with Crippen LogP contribution in [-0.2, 0) is 4.74 Å². The topological polar surface area (TPSA) is 107 Å². The second-order valence-electron chi connectivity index (χ2n) is 7.49. The van der Waals surface area contributed by atoms with Gasteiger partial charge in [0.05, 0.1) is 18.2 Å². The number of hydrogen-bond acceptors (Lipinski definition) is 6. The summed E-state index contributed by atoms with van der Waals surface area (Å²) in [6.07, 6.45) is -5.42. The third-order valence-electron chi connectivity index (χ3n) is 5.08. The van der Waals surface area contributed by atoms with Gasteiger partial charge in [-0.25, -0.2) is 9.78 Å². The lowest BCUT2D eigenvalue weighted by atomic mass is 10.0. The molecule has 2 amide bonds. The molecule has 1 aromatic heterocycles. The average Bonchev–Trinajstić information content (AvgIpc) is 3.14. The number of primary amides is 1. The fourth-order valence-corrected chi connectivity index (χ4v) is 3.97. The molecule has 2 aliphatic heterocycles. The molecule has 4 rings (SSSR count). The minimum Gasteiger partial charge on any atom is -0.490 e. The van der Waals surface area contributed by atoms with Crippen LogP contribution in [0.15, 0.2) is 24.4 Å². The van der Waals surface area contributed by atoms with Crippen molar-refractivity contribution >= 4 is 28.6 Å². The molecule has 0 radical (unpaired) electrons. The summed E-state index contributed by atoms with van der Waals surface area (Å²) in [4.78, 5) is 28.5. The van der Waals surface area contributed by atoms with Crippen LogP contribution in [0.2, 0.25) is 0 Å². The van der Waals surface area contributed by atoms with Crippen molar-refractivity contribution in [2.24, 2.45) is 5.73 Å². The Kier molecular flexibility index (Phi) is 4.63. The fourth-order valence-electron chi connectivity index (χ4n) is 3.97. The number of anilines is 1. The van der Waals surface area contributed by atoms with Gasteiger partial charge in [0.15, 0.2) is 6.04 Å². The van der Waals surface area contributed by atoms with Gasteiger partial charge in [0.25, 0.3) is 5.91 Å². The van der Waals surface area contributed by atoms with Gasteiger partial charge in [-0.2, -0.15) is 13.2 Å². The van der Waals surface area contributed by atoms with Gasteiger partial charge in [-0.05, 0) is 37.4 Å². The predicted octanol–water partition coefficient (Wildman–Crippen LogP) is 2.35. The van der Waals surface area contributed by atoms with Crippen LogP contribution in [0, 0.1) is 0 Å². The summed E-state index contributed by atoms with van der Waals surface area (Å²) >= 11 is 0. The lowest BCUT2D eigenvalue weighted by Crippen LogP contribution is -2.52. The van der Waals surface area contributed by atoms with Crippen LogP contribution >= 0.6 is 0 Å². The number of ether oxygens (including phenoxy) is 2. The number of aromatic nitrogens is 1. The van der Waals surface area contributed by atoms with Gasteiger partial charge in [0, 0.05) is 11.6 Å². The number of pyridine rings is 1. The van der Waals surface area contributed by atoms with Crippen LogP contribution in [0.5, 0.6) is 5.75 Å². The highest BCUT2D eigenvalue weighted by Gasteiger charge is 2.60. The van der Waals surface area contributed by atoms with Gasteiger partial charge in [-0.1, -0.05) is 0 Å². The Bertz CT molecular complexity index is 1030. The normalized spacial score (nSPS) is 23.5. The van der Waals surface area contributed by atoms with Crippen molar-refractivity contribution in [1.82, 2.24) is 10.3 Å². The summed E-state index contributed by atoms with van der Waals surface area (Å²) in [6, 6.07) is 1.25. The number of amides is 2. The molecule has 3 atom stereocenters. The predicted molar refractivity (Wildman–Crippen MR) is 100 cm³/mol. The van der Waals surface area contributed by atoms with E-state index in [-0.39, 0.29) is 29.8 Å². The lowest BCUT2D eigenvalue weighted by Gasteiger charge is -2.30. The van der Waals surface area contributed by atoms with E-state index in [4.69, 9.17) is 15.2 Å². The minimum absolute atomic E-state index is 0.0479. The van der Waals surface area contributed by atoms with E-state index in [0.29, 0.717) is 10.8 Å². The molecular weight excluding hydrogens is 405 g/mol. The van der Waals surface area contributed by atoms with Gasteiger partial charge in [0.2, 0.25) is 0 Å². The third kappa shape index (κ3) is 3.33. The molecule has 2 aromatic rings. The number of halogens is 3. The zero-order valence-electron chi connectivity index (χ0n) is 16.1. The van der Waals surface area contributed by atoms with Crippen LogP contribution < -0.4 is 20.7 Å². The first-order valence-corrected chi connectivity index (χ1v) is 9.26. The zero-order chi connectivity index (χ0) is 21.8. The summed E-state index contributed by atoms with van der Waals surface area (Å²) in [5, 5.41) is 3.08. The van der Waals surface area contributed by atoms with Gasteiger partial charge >= 0.3 is 12.3 Å². The maximum Gasteiger partial charge on any atom is 0.410 e. The van der Waals surface area contributed by atoms with Crippen molar-refractivity contribution < 1.29 is 32.2 Å². The van der Waals surface area contributed by atoms with Gasteiger partial charge in [0.1, 0.15) is 23.7 Å². The highest BCUT2D eigenvalue weighted by molar-refractivity contribution is 6.03. The molecule has 11 heteroatoms. The highest BCUT2D eigenvalue weighted by Crippen LogP contribution is 2.41. The number of fused-ring (bicyclic) bond motifs is 2. The van der Waals surface area contributed by atoms with Gasteiger partial charge < -0.3 is 25.4 Å². The first kappa shape index (κ1) is 20.0. The fraction of sp³-hybridized carbons (Fsp3) is 0.421. The molecule has 160 valence electrons. The molecule has 0 bridgehead atoms. The van der Waals surface area contributed by atoms with E-state index in [1.165, 1.54) is 18.3 Å². The Morgan fingerprint density at radius 3 is 2.77 bits per heavy atom. The maximum absolute atomic E-state index is 13.9. The lowest BCUT2D eigenvalue weighted by molar-refractivity contribution is -0.150. The Morgan fingerprint density at radius 2 is 2.13 bits per heavy atom. The van der Waals surface area contributed by atoms with E-state index < -0.39 is 36.4 Å². The van der Waals surface area contributed by atoms with Gasteiger partial charge in [-0.3, -0.25) is 4.79 Å². The largest absolute Gasteiger partial charge is 0.490 e. The Morgan fingerprint density at radius 1 is 1.40 bits per heavy atom. The van der Waals surface area contributed by atoms with Crippen LogP contribution in [0.1, 0.15) is 24.2 Å². The number of nitrogens with one attached hydrogen (secondary N) is 1. The molecule has 3 N–H and O–H groups in total. The van der Waals surface area contributed by atoms with Crippen molar-refractivity contribution in [2.45, 2.75) is 44.3 Å². The standard InChI is InChI=1S/C19H19F3N4O4/c1-8(2)29-12-6-10-9(5-11(12)16(23)27)3-4-24-17(10)26-7-13-14(25-18(28)30-13)15(26)19(20,21)22/h3-6,8,13-15H,7H2,1-2H3,(H2,23,27)(H,25,28)/t13-,14-,15?/m0/s1. The molecule has 2 aliphatic rings. The highest BCUT2D eigenvalue weighted by atomic mass is 19.4. The van der Waals surface area contributed by atoms with Crippen LogP contribution in [-0.4, -0.2) is 54.0 Å². The Balaban J connectivity index is 1.86. The molecule has 1 unspecified atom stereocenters. The molecule has 0 saturated carbocycles. The first-order chi connectivity index (χ1) is 14.1. The number of carbonyl (C=O) groups is 2. The van der Waals surface area contributed by atoms with E-state index in [1.54, 1.807) is 19.9 Å². The monoisotopic (exact) mass is 424 g/mol. The average molecular weight is 424 g/mol. The molecule has 0 aliphatic carbocycles. The number of hydrogen-bond donors (Lipinski definition) is 2. The molecule has 0 spiro atoms. The summed E-state index contributed by atoms with van der Waals surface area (Å²) in [5.41, 5.74) is 5.57. The SMILES string of the molecule is CC(C)Oc1cc2c(N3C[C@@H]4OC(=O)N[C@@H]4C3C(F)(F)F)nccc2cc1C(N)=O. The number of nitrogens with zero attached hydrogens (tertiary/aromatic N) is 2. The van der Waals surface area contributed by atoms with Crippen LogP contribution in [0.3, 0.4) is 0 Å². The molecule has 8 nitrogen and oxygen atoms in total. The molecular formula is C19H19F3N4O4. The van der Waals surface area contributed by atoms with Crippen LogP contribution in [0.25, 0.3) is 10.8 Å². The van der Waals surface area contributed by atoms with E-state index in [9.17, 15) is 22.8 Å². The van der Waals surface area contributed by atoms with E-state index >= 15 is 0 Å². The van der Waals surface area contributed by atoms with Crippen molar-refractivity contribution in [3.05, 3.63) is 30.0 Å². The van der Waals surface area contributed by atoms with Crippen molar-refractivity contribution in [3.8, 4) is 5.75 Å². The molecule has 3 heterocycles. The summed E-state index contributed by atoms with van der Waals surface area (Å²) in [6.45, 7) is 3.32. The Hall–Kier alpha value is -3.24. The number of rotatable bonds is 4. The maximum atomic E-state index is 13.9.